The van der Waals surface area contributed by atoms with Gasteiger partial charge in [-0.2, -0.15) is 0 Å². The Bertz CT molecular complexity index is 751. The van der Waals surface area contributed by atoms with Crippen LogP contribution in [-0.2, 0) is 4.79 Å². The molecule has 3 rings (SSSR count). The van der Waals surface area contributed by atoms with Gasteiger partial charge in [-0.15, -0.1) is 11.3 Å². The summed E-state index contributed by atoms with van der Waals surface area (Å²) in [6.07, 6.45) is 3.60. The average Bonchev–Trinajstić information content (AvgIpc) is 3.34. The summed E-state index contributed by atoms with van der Waals surface area (Å²) in [6.45, 7) is 0.907. The lowest BCUT2D eigenvalue weighted by Crippen LogP contribution is -2.31. The van der Waals surface area contributed by atoms with Gasteiger partial charge >= 0.3 is 0 Å². The topological polar surface area (TPSA) is 82.5 Å². The lowest BCUT2D eigenvalue weighted by atomic mass is 10.2. The van der Waals surface area contributed by atoms with E-state index in [0.29, 0.717) is 10.6 Å². The lowest BCUT2D eigenvalue weighted by Gasteiger charge is -2.23. The Morgan fingerprint density at radius 2 is 2.23 bits per heavy atom. The van der Waals surface area contributed by atoms with E-state index in [1.807, 2.05) is 29.2 Å². The van der Waals surface area contributed by atoms with E-state index in [1.54, 1.807) is 12.3 Å². The van der Waals surface area contributed by atoms with Crippen molar-refractivity contribution in [1.82, 2.24) is 15.2 Å². The molecule has 1 saturated heterocycles. The third kappa shape index (κ3) is 4.63. The minimum absolute atomic E-state index is 0.0382. The Morgan fingerprint density at radius 1 is 1.35 bits per heavy atom. The number of aliphatic hydroxyl groups is 1. The SMILES string of the molecule is O=C(NCCO)c1ccc([C@@H]2CCCN2C(=O)CSc2ccccn2)s1. The molecule has 26 heavy (non-hydrogen) atoms. The van der Waals surface area contributed by atoms with Crippen LogP contribution in [0.3, 0.4) is 0 Å². The zero-order chi connectivity index (χ0) is 18.4. The van der Waals surface area contributed by atoms with E-state index in [0.717, 1.165) is 29.3 Å². The van der Waals surface area contributed by atoms with Crippen molar-refractivity contribution >= 4 is 34.9 Å². The average molecular weight is 392 g/mol. The fraction of sp³-hybridized carbons (Fsp3) is 0.389. The van der Waals surface area contributed by atoms with Gasteiger partial charge in [0.05, 0.1) is 28.3 Å². The zero-order valence-corrected chi connectivity index (χ0v) is 15.9. The quantitative estimate of drug-likeness (QED) is 0.708. The molecular formula is C18H21N3O3S2. The van der Waals surface area contributed by atoms with Crippen molar-refractivity contribution in [2.75, 3.05) is 25.4 Å². The molecule has 3 heterocycles. The van der Waals surface area contributed by atoms with Crippen LogP contribution in [0.5, 0.6) is 0 Å². The van der Waals surface area contributed by atoms with Crippen LogP contribution in [0.25, 0.3) is 0 Å². The second-order valence-corrected chi connectivity index (χ2v) is 7.99. The molecule has 138 valence electrons. The smallest absolute Gasteiger partial charge is 0.261 e. The molecule has 2 aromatic rings. The van der Waals surface area contributed by atoms with Gasteiger partial charge in [0.1, 0.15) is 0 Å². The monoisotopic (exact) mass is 391 g/mol. The lowest BCUT2D eigenvalue weighted by molar-refractivity contribution is -0.129. The van der Waals surface area contributed by atoms with Crippen LogP contribution in [0.15, 0.2) is 41.6 Å². The van der Waals surface area contributed by atoms with Gasteiger partial charge in [-0.05, 0) is 37.1 Å². The van der Waals surface area contributed by atoms with Gasteiger partial charge in [0.25, 0.3) is 5.91 Å². The van der Waals surface area contributed by atoms with Crippen LogP contribution in [0.4, 0.5) is 0 Å². The minimum atomic E-state index is -0.183. The van der Waals surface area contributed by atoms with E-state index in [9.17, 15) is 9.59 Å². The number of nitrogens with zero attached hydrogens (tertiary/aromatic N) is 2. The molecule has 0 saturated carbocycles. The second-order valence-electron chi connectivity index (χ2n) is 5.88. The van der Waals surface area contributed by atoms with E-state index in [-0.39, 0.29) is 31.0 Å². The van der Waals surface area contributed by atoms with Crippen molar-refractivity contribution in [3.05, 3.63) is 46.3 Å². The number of aromatic nitrogens is 1. The molecule has 0 aliphatic carbocycles. The highest BCUT2D eigenvalue weighted by Crippen LogP contribution is 2.36. The number of hydrogen-bond acceptors (Lipinski definition) is 6. The molecule has 2 N–H and O–H groups in total. The number of thiophene rings is 1. The first-order valence-corrected chi connectivity index (χ1v) is 10.3. The summed E-state index contributed by atoms with van der Waals surface area (Å²) in [4.78, 5) is 32.5. The van der Waals surface area contributed by atoms with Crippen LogP contribution in [-0.4, -0.2) is 52.3 Å². The maximum absolute atomic E-state index is 12.7. The maximum atomic E-state index is 12.7. The third-order valence-corrected chi connectivity index (χ3v) is 6.24. The van der Waals surface area contributed by atoms with Crippen LogP contribution >= 0.6 is 23.1 Å². The summed E-state index contributed by atoms with van der Waals surface area (Å²) in [7, 11) is 0. The van der Waals surface area contributed by atoms with Crippen molar-refractivity contribution in [2.24, 2.45) is 0 Å². The van der Waals surface area contributed by atoms with Gasteiger partial charge in [-0.25, -0.2) is 4.98 Å². The Morgan fingerprint density at radius 3 is 3.00 bits per heavy atom. The number of aliphatic hydroxyl groups excluding tert-OH is 1. The fourth-order valence-corrected chi connectivity index (χ4v) is 4.74. The number of likely N-dealkylation sites (tertiary alicyclic amines) is 1. The molecule has 0 radical (unpaired) electrons. The fourth-order valence-electron chi connectivity index (χ4n) is 2.92. The standard InChI is InChI=1S/C18H21N3O3S2/c22-11-9-20-18(24)15-7-6-14(26-15)13-4-3-10-21(13)17(23)12-25-16-5-1-2-8-19-16/h1-2,5-8,13,22H,3-4,9-12H2,(H,20,24)/t13-/m0/s1. The first-order valence-electron chi connectivity index (χ1n) is 8.51. The van der Waals surface area contributed by atoms with E-state index < -0.39 is 0 Å². The normalized spacial score (nSPS) is 16.7. The molecule has 8 heteroatoms. The third-order valence-electron chi connectivity index (χ3n) is 4.13. The highest BCUT2D eigenvalue weighted by Gasteiger charge is 2.31. The Labute approximate surface area is 160 Å². The number of nitrogens with one attached hydrogen (secondary N) is 1. The summed E-state index contributed by atoms with van der Waals surface area (Å²) >= 11 is 2.86. The molecule has 0 unspecified atom stereocenters. The van der Waals surface area contributed by atoms with E-state index in [2.05, 4.69) is 10.3 Å². The molecule has 6 nitrogen and oxygen atoms in total. The van der Waals surface area contributed by atoms with Crippen LogP contribution in [0.2, 0.25) is 0 Å². The molecule has 2 aromatic heterocycles. The highest BCUT2D eigenvalue weighted by atomic mass is 32.2. The van der Waals surface area contributed by atoms with Gasteiger partial charge in [-0.3, -0.25) is 9.59 Å². The van der Waals surface area contributed by atoms with Crippen molar-refractivity contribution in [2.45, 2.75) is 23.9 Å². The summed E-state index contributed by atoms with van der Waals surface area (Å²) in [5.41, 5.74) is 0. The largest absolute Gasteiger partial charge is 0.395 e. The first-order chi connectivity index (χ1) is 12.7. The molecule has 1 atom stereocenters. The molecule has 0 bridgehead atoms. The van der Waals surface area contributed by atoms with Crippen LogP contribution in [0.1, 0.15) is 33.4 Å². The number of pyridine rings is 1. The van der Waals surface area contributed by atoms with E-state index in [1.165, 1.54) is 23.1 Å². The first kappa shape index (κ1) is 18.9. The van der Waals surface area contributed by atoms with Gasteiger partial charge < -0.3 is 15.3 Å². The summed E-state index contributed by atoms with van der Waals surface area (Å²) < 4.78 is 0. The number of carbonyl (C=O) groups is 2. The molecule has 0 aromatic carbocycles. The Kier molecular flexibility index (Phi) is 6.65. The summed E-state index contributed by atoms with van der Waals surface area (Å²) in [5.74, 6) is 0.280. The number of rotatable bonds is 7. The summed E-state index contributed by atoms with van der Waals surface area (Å²) in [6, 6.07) is 9.42. The van der Waals surface area contributed by atoms with E-state index in [4.69, 9.17) is 5.11 Å². The molecular weight excluding hydrogens is 370 g/mol. The predicted octanol–water partition coefficient (Wildman–Crippen LogP) is 2.32. The predicted molar refractivity (Wildman–Crippen MR) is 102 cm³/mol. The zero-order valence-electron chi connectivity index (χ0n) is 14.3. The Balaban J connectivity index is 1.61. The van der Waals surface area contributed by atoms with Gasteiger partial charge in [-0.1, -0.05) is 17.8 Å². The molecule has 0 spiro atoms. The van der Waals surface area contributed by atoms with Gasteiger partial charge in [0, 0.05) is 24.2 Å². The number of hydrogen-bond donors (Lipinski definition) is 2. The number of carbonyl (C=O) groups excluding carboxylic acids is 2. The van der Waals surface area contributed by atoms with Gasteiger partial charge in [0.2, 0.25) is 5.91 Å². The molecule has 1 fully saturated rings. The summed E-state index contributed by atoms with van der Waals surface area (Å²) in [5, 5.41) is 12.3. The van der Waals surface area contributed by atoms with Crippen molar-refractivity contribution in [3.8, 4) is 0 Å². The van der Waals surface area contributed by atoms with Gasteiger partial charge in [0.15, 0.2) is 0 Å². The Hall–Kier alpha value is -1.90. The van der Waals surface area contributed by atoms with Crippen molar-refractivity contribution in [1.29, 1.82) is 0 Å². The maximum Gasteiger partial charge on any atom is 0.261 e. The minimum Gasteiger partial charge on any atom is -0.395 e. The number of amides is 2. The second kappa shape index (κ2) is 9.16. The molecule has 1 aliphatic heterocycles. The van der Waals surface area contributed by atoms with E-state index >= 15 is 0 Å². The molecule has 2 amide bonds. The van der Waals surface area contributed by atoms with Crippen molar-refractivity contribution in [3.63, 3.8) is 0 Å². The van der Waals surface area contributed by atoms with Crippen LogP contribution < -0.4 is 5.32 Å². The highest BCUT2D eigenvalue weighted by molar-refractivity contribution is 7.99. The van der Waals surface area contributed by atoms with Crippen LogP contribution in [0, 0.1) is 0 Å². The molecule has 1 aliphatic rings. The number of thioether (sulfide) groups is 1. The van der Waals surface area contributed by atoms with Crippen molar-refractivity contribution < 1.29 is 14.7 Å².